The Hall–Kier alpha value is -0.640. The van der Waals surface area contributed by atoms with Crippen molar-refractivity contribution in [3.05, 3.63) is 33.6 Å². The fraction of sp³-hybridized carbons (Fsp3) is 0.400. The Labute approximate surface area is 87.5 Å². The van der Waals surface area contributed by atoms with Crippen LogP contribution in [0, 0.1) is 19.7 Å². The first-order chi connectivity index (χ1) is 6.49. The molecular formula is C10H13ClFNO. The lowest BCUT2D eigenvalue weighted by molar-refractivity contribution is 0.267. The van der Waals surface area contributed by atoms with Crippen molar-refractivity contribution >= 4 is 11.6 Å². The number of hydrogen-bond acceptors (Lipinski definition) is 2. The van der Waals surface area contributed by atoms with Crippen LogP contribution >= 0.6 is 11.6 Å². The monoisotopic (exact) mass is 217 g/mol. The number of halogens is 2. The molecular weight excluding hydrogens is 205 g/mol. The Morgan fingerprint density at radius 3 is 2.57 bits per heavy atom. The third-order valence-corrected chi connectivity index (χ3v) is 2.74. The molecule has 0 aliphatic rings. The van der Waals surface area contributed by atoms with Gasteiger partial charge in [0.1, 0.15) is 5.82 Å². The highest BCUT2D eigenvalue weighted by Crippen LogP contribution is 2.28. The van der Waals surface area contributed by atoms with Crippen LogP contribution in [0.25, 0.3) is 0 Å². The maximum absolute atomic E-state index is 13.3. The second-order valence-electron chi connectivity index (χ2n) is 3.29. The van der Waals surface area contributed by atoms with E-state index < -0.39 is 6.04 Å². The van der Waals surface area contributed by atoms with Crippen LogP contribution in [0.3, 0.4) is 0 Å². The molecule has 0 spiro atoms. The van der Waals surface area contributed by atoms with Crippen molar-refractivity contribution < 1.29 is 9.50 Å². The third-order valence-electron chi connectivity index (χ3n) is 2.35. The largest absolute Gasteiger partial charge is 0.394 e. The Balaban J connectivity index is 3.39. The molecule has 1 aromatic carbocycles. The van der Waals surface area contributed by atoms with Gasteiger partial charge in [-0.1, -0.05) is 11.6 Å². The fourth-order valence-corrected chi connectivity index (χ4v) is 1.71. The van der Waals surface area contributed by atoms with Gasteiger partial charge >= 0.3 is 0 Å². The summed E-state index contributed by atoms with van der Waals surface area (Å²) < 4.78 is 13.3. The van der Waals surface area contributed by atoms with E-state index in [0.717, 1.165) is 5.56 Å². The van der Waals surface area contributed by atoms with Crippen LogP contribution < -0.4 is 5.73 Å². The molecule has 0 amide bonds. The van der Waals surface area contributed by atoms with Gasteiger partial charge in [-0.25, -0.2) is 4.39 Å². The maximum atomic E-state index is 13.3. The van der Waals surface area contributed by atoms with Gasteiger partial charge in [-0.2, -0.15) is 0 Å². The van der Waals surface area contributed by atoms with Crippen molar-refractivity contribution in [3.8, 4) is 0 Å². The summed E-state index contributed by atoms with van der Waals surface area (Å²) in [6.45, 7) is 3.17. The van der Waals surface area contributed by atoms with Gasteiger partial charge in [0.05, 0.1) is 12.6 Å². The Bertz CT molecular complexity index is 328. The summed E-state index contributed by atoms with van der Waals surface area (Å²) in [5.41, 5.74) is 7.43. The van der Waals surface area contributed by atoms with Gasteiger partial charge in [-0.15, -0.1) is 0 Å². The second kappa shape index (κ2) is 4.26. The van der Waals surface area contributed by atoms with E-state index in [1.165, 1.54) is 6.07 Å². The first-order valence-electron chi connectivity index (χ1n) is 4.30. The van der Waals surface area contributed by atoms with E-state index in [1.54, 1.807) is 13.8 Å². The Morgan fingerprint density at radius 2 is 2.07 bits per heavy atom. The van der Waals surface area contributed by atoms with Crippen molar-refractivity contribution in [2.45, 2.75) is 19.9 Å². The zero-order chi connectivity index (χ0) is 10.9. The molecule has 0 aliphatic carbocycles. The summed E-state index contributed by atoms with van der Waals surface area (Å²) in [6.07, 6.45) is 0. The molecule has 0 aromatic heterocycles. The van der Waals surface area contributed by atoms with Crippen molar-refractivity contribution in [1.82, 2.24) is 0 Å². The van der Waals surface area contributed by atoms with Crippen molar-refractivity contribution in [3.63, 3.8) is 0 Å². The zero-order valence-corrected chi connectivity index (χ0v) is 8.90. The molecule has 0 saturated carbocycles. The van der Waals surface area contributed by atoms with Gasteiger partial charge in [-0.3, -0.25) is 0 Å². The average molecular weight is 218 g/mol. The number of rotatable bonds is 2. The molecule has 0 saturated heterocycles. The number of benzene rings is 1. The SMILES string of the molecule is Cc1c(F)cc(Cl)c(C)c1C(N)CO. The molecule has 78 valence electrons. The van der Waals surface area contributed by atoms with E-state index in [-0.39, 0.29) is 12.4 Å². The normalized spacial score (nSPS) is 13.0. The van der Waals surface area contributed by atoms with Gasteiger partial charge in [-0.05, 0) is 36.6 Å². The van der Waals surface area contributed by atoms with Crippen molar-refractivity contribution in [2.75, 3.05) is 6.61 Å². The molecule has 0 bridgehead atoms. The first kappa shape index (κ1) is 11.4. The van der Waals surface area contributed by atoms with Crippen molar-refractivity contribution in [2.24, 2.45) is 5.73 Å². The van der Waals surface area contributed by atoms with E-state index in [1.807, 2.05) is 0 Å². The summed E-state index contributed by atoms with van der Waals surface area (Å²) in [7, 11) is 0. The van der Waals surface area contributed by atoms with E-state index in [9.17, 15) is 4.39 Å². The quantitative estimate of drug-likeness (QED) is 0.797. The van der Waals surface area contributed by atoms with Gasteiger partial charge in [0.25, 0.3) is 0 Å². The standard InChI is InChI=1S/C10H13ClFNO/c1-5-7(11)3-8(12)6(2)10(5)9(13)4-14/h3,9,14H,4,13H2,1-2H3. The lowest BCUT2D eigenvalue weighted by Crippen LogP contribution is -2.18. The average Bonchev–Trinajstić information content (AvgIpc) is 2.15. The summed E-state index contributed by atoms with van der Waals surface area (Å²) in [5, 5.41) is 9.27. The molecule has 2 nitrogen and oxygen atoms in total. The summed E-state index contributed by atoms with van der Waals surface area (Å²) in [6, 6.07) is 0.683. The Kier molecular flexibility index (Phi) is 3.48. The van der Waals surface area contributed by atoms with Gasteiger partial charge in [0.15, 0.2) is 0 Å². The molecule has 0 aliphatic heterocycles. The second-order valence-corrected chi connectivity index (χ2v) is 3.70. The van der Waals surface area contributed by atoms with Crippen molar-refractivity contribution in [1.29, 1.82) is 0 Å². The highest BCUT2D eigenvalue weighted by atomic mass is 35.5. The van der Waals surface area contributed by atoms with Gasteiger partial charge in [0, 0.05) is 5.02 Å². The molecule has 0 heterocycles. The lowest BCUT2D eigenvalue weighted by Gasteiger charge is -2.17. The predicted octanol–water partition coefficient (Wildman–Crippen LogP) is 2.09. The van der Waals surface area contributed by atoms with Crippen LogP contribution in [0.2, 0.25) is 5.02 Å². The van der Waals surface area contributed by atoms with Gasteiger partial charge < -0.3 is 10.8 Å². The summed E-state index contributed by atoms with van der Waals surface area (Å²) in [5.74, 6) is -0.389. The van der Waals surface area contributed by atoms with Crippen LogP contribution in [-0.4, -0.2) is 11.7 Å². The highest BCUT2D eigenvalue weighted by molar-refractivity contribution is 6.31. The van der Waals surface area contributed by atoms with Crippen LogP contribution in [-0.2, 0) is 0 Å². The molecule has 1 rings (SSSR count). The van der Waals surface area contributed by atoms with E-state index >= 15 is 0 Å². The maximum Gasteiger partial charge on any atom is 0.127 e. The smallest absolute Gasteiger partial charge is 0.127 e. The molecule has 14 heavy (non-hydrogen) atoms. The molecule has 4 heteroatoms. The van der Waals surface area contributed by atoms with Crippen LogP contribution in [0.5, 0.6) is 0 Å². The lowest BCUT2D eigenvalue weighted by atomic mass is 9.96. The fourth-order valence-electron chi connectivity index (χ4n) is 1.51. The number of aliphatic hydroxyl groups is 1. The molecule has 1 unspecified atom stereocenters. The third kappa shape index (κ3) is 1.90. The molecule has 1 atom stereocenters. The van der Waals surface area contributed by atoms with Crippen LogP contribution in [0.15, 0.2) is 6.07 Å². The minimum atomic E-state index is -0.580. The topological polar surface area (TPSA) is 46.2 Å². The number of nitrogens with two attached hydrogens (primary N) is 1. The number of hydrogen-bond donors (Lipinski definition) is 2. The highest BCUT2D eigenvalue weighted by Gasteiger charge is 2.16. The number of aliphatic hydroxyl groups excluding tert-OH is 1. The van der Waals surface area contributed by atoms with E-state index in [2.05, 4.69) is 0 Å². The molecule has 3 N–H and O–H groups in total. The first-order valence-corrected chi connectivity index (χ1v) is 4.68. The Morgan fingerprint density at radius 1 is 1.50 bits per heavy atom. The summed E-state index contributed by atoms with van der Waals surface area (Å²) >= 11 is 5.81. The van der Waals surface area contributed by atoms with Crippen LogP contribution in [0.1, 0.15) is 22.7 Å². The van der Waals surface area contributed by atoms with E-state index in [4.69, 9.17) is 22.4 Å². The molecule has 0 fully saturated rings. The molecule has 1 aromatic rings. The van der Waals surface area contributed by atoms with Crippen LogP contribution in [0.4, 0.5) is 4.39 Å². The summed E-state index contributed by atoms with van der Waals surface area (Å²) in [4.78, 5) is 0. The minimum absolute atomic E-state index is 0.221. The van der Waals surface area contributed by atoms with E-state index in [0.29, 0.717) is 16.1 Å². The molecule has 0 radical (unpaired) electrons. The van der Waals surface area contributed by atoms with Gasteiger partial charge in [0.2, 0.25) is 0 Å². The predicted molar refractivity (Wildman–Crippen MR) is 54.9 cm³/mol. The minimum Gasteiger partial charge on any atom is -0.394 e. The zero-order valence-electron chi connectivity index (χ0n) is 8.14.